The van der Waals surface area contributed by atoms with Crippen LogP contribution in [-0.4, -0.2) is 28.1 Å². The van der Waals surface area contributed by atoms with Crippen LogP contribution in [0.25, 0.3) is 0 Å². The summed E-state index contributed by atoms with van der Waals surface area (Å²) in [6.45, 7) is 0. The predicted octanol–water partition coefficient (Wildman–Crippen LogP) is 1.82. The van der Waals surface area contributed by atoms with Crippen molar-refractivity contribution in [1.29, 1.82) is 0 Å². The summed E-state index contributed by atoms with van der Waals surface area (Å²) in [6, 6.07) is 6.58. The number of pyridine rings is 1. The van der Waals surface area contributed by atoms with Gasteiger partial charge in [0.05, 0.1) is 5.02 Å². The van der Waals surface area contributed by atoms with Crippen LogP contribution in [-0.2, 0) is 0 Å². The predicted molar refractivity (Wildman–Crippen MR) is 68.8 cm³/mol. The lowest BCUT2D eigenvalue weighted by molar-refractivity contribution is 0.102. The summed E-state index contributed by atoms with van der Waals surface area (Å²) in [5.74, 6) is 0.469. The fraction of sp³-hybridized carbons (Fsp3) is 0.0909. The molecule has 0 saturated heterocycles. The number of carbonyl (C=O) groups is 1. The molecule has 0 atom stereocenters. The van der Waals surface area contributed by atoms with Crippen LogP contribution in [0.4, 0.5) is 11.6 Å². The van der Waals surface area contributed by atoms with E-state index in [4.69, 9.17) is 11.6 Å². The summed E-state index contributed by atoms with van der Waals surface area (Å²) in [7, 11) is 1.71. The minimum Gasteiger partial charge on any atom is -0.373 e. The van der Waals surface area contributed by atoms with E-state index in [1.165, 1.54) is 6.20 Å². The van der Waals surface area contributed by atoms with Crippen LogP contribution in [0, 0.1) is 0 Å². The number of amides is 1. The fourth-order valence-electron chi connectivity index (χ4n) is 1.28. The van der Waals surface area contributed by atoms with E-state index < -0.39 is 5.91 Å². The van der Waals surface area contributed by atoms with Crippen LogP contribution in [0.3, 0.4) is 0 Å². The molecule has 0 fully saturated rings. The maximum absolute atomic E-state index is 11.9. The largest absolute Gasteiger partial charge is 0.373 e. The molecule has 92 valence electrons. The van der Waals surface area contributed by atoms with E-state index >= 15 is 0 Å². The summed E-state index contributed by atoms with van der Waals surface area (Å²) >= 11 is 5.93. The third kappa shape index (κ3) is 2.72. The molecule has 2 heterocycles. The second kappa shape index (κ2) is 5.42. The smallest absolute Gasteiger partial charge is 0.277 e. The molecule has 0 spiro atoms. The second-order valence-electron chi connectivity index (χ2n) is 3.34. The van der Waals surface area contributed by atoms with Crippen molar-refractivity contribution in [3.8, 4) is 0 Å². The van der Waals surface area contributed by atoms with E-state index in [1.54, 1.807) is 31.3 Å². The van der Waals surface area contributed by atoms with Crippen molar-refractivity contribution in [1.82, 2.24) is 15.2 Å². The monoisotopic (exact) mass is 263 g/mol. The molecule has 0 radical (unpaired) electrons. The van der Waals surface area contributed by atoms with Gasteiger partial charge in [-0.1, -0.05) is 11.6 Å². The van der Waals surface area contributed by atoms with E-state index in [0.717, 1.165) is 0 Å². The number of nitrogens with zero attached hydrogens (tertiary/aromatic N) is 3. The summed E-state index contributed by atoms with van der Waals surface area (Å²) in [5.41, 5.74) is 0.133. The summed E-state index contributed by atoms with van der Waals surface area (Å²) in [4.78, 5) is 16.0. The SMILES string of the molecule is CNc1ccc(Cl)c(C(=O)Nc2cccnn2)n1. The number of halogens is 1. The number of hydrogen-bond acceptors (Lipinski definition) is 5. The van der Waals surface area contributed by atoms with Crippen molar-refractivity contribution in [2.75, 3.05) is 17.7 Å². The number of nitrogens with one attached hydrogen (secondary N) is 2. The van der Waals surface area contributed by atoms with E-state index in [9.17, 15) is 4.79 Å². The van der Waals surface area contributed by atoms with Gasteiger partial charge in [0, 0.05) is 13.2 Å². The van der Waals surface area contributed by atoms with Crippen LogP contribution >= 0.6 is 11.6 Å². The Morgan fingerprint density at radius 3 is 2.78 bits per heavy atom. The average molecular weight is 264 g/mol. The zero-order valence-electron chi connectivity index (χ0n) is 9.51. The van der Waals surface area contributed by atoms with Crippen molar-refractivity contribution in [3.63, 3.8) is 0 Å². The molecule has 0 aromatic carbocycles. The number of rotatable bonds is 3. The van der Waals surface area contributed by atoms with Crippen molar-refractivity contribution < 1.29 is 4.79 Å². The third-order valence-electron chi connectivity index (χ3n) is 2.13. The molecule has 0 aliphatic rings. The van der Waals surface area contributed by atoms with Gasteiger partial charge in [-0.25, -0.2) is 4.98 Å². The van der Waals surface area contributed by atoms with Crippen molar-refractivity contribution in [2.24, 2.45) is 0 Å². The lowest BCUT2D eigenvalue weighted by Gasteiger charge is -2.06. The lowest BCUT2D eigenvalue weighted by atomic mass is 10.3. The summed E-state index contributed by atoms with van der Waals surface area (Å²) < 4.78 is 0. The quantitative estimate of drug-likeness (QED) is 0.883. The molecule has 2 rings (SSSR count). The van der Waals surface area contributed by atoms with E-state index in [2.05, 4.69) is 25.8 Å². The average Bonchev–Trinajstić information content (AvgIpc) is 2.40. The Bertz CT molecular complexity index is 561. The Morgan fingerprint density at radius 1 is 1.28 bits per heavy atom. The first kappa shape index (κ1) is 12.3. The molecule has 6 nitrogen and oxygen atoms in total. The van der Waals surface area contributed by atoms with E-state index in [-0.39, 0.29) is 10.7 Å². The van der Waals surface area contributed by atoms with Crippen LogP contribution in [0.5, 0.6) is 0 Å². The van der Waals surface area contributed by atoms with Crippen molar-refractivity contribution in [2.45, 2.75) is 0 Å². The molecule has 0 saturated carbocycles. The topological polar surface area (TPSA) is 79.8 Å². The van der Waals surface area contributed by atoms with Gasteiger partial charge >= 0.3 is 0 Å². The summed E-state index contributed by atoms with van der Waals surface area (Å²) in [6.07, 6.45) is 1.52. The number of carbonyl (C=O) groups excluding carboxylic acids is 1. The number of hydrogen-bond donors (Lipinski definition) is 2. The molecule has 18 heavy (non-hydrogen) atoms. The molecule has 0 bridgehead atoms. The maximum Gasteiger partial charge on any atom is 0.277 e. The molecule has 2 aromatic heterocycles. The fourth-order valence-corrected chi connectivity index (χ4v) is 1.48. The lowest BCUT2D eigenvalue weighted by Crippen LogP contribution is -2.16. The van der Waals surface area contributed by atoms with Gasteiger partial charge in [-0.05, 0) is 24.3 Å². The zero-order chi connectivity index (χ0) is 13.0. The Labute approximate surface area is 108 Å². The van der Waals surface area contributed by atoms with Gasteiger partial charge in [0.2, 0.25) is 0 Å². The highest BCUT2D eigenvalue weighted by atomic mass is 35.5. The van der Waals surface area contributed by atoms with Gasteiger partial charge in [0.1, 0.15) is 11.5 Å². The number of aromatic nitrogens is 3. The first-order chi connectivity index (χ1) is 8.70. The second-order valence-corrected chi connectivity index (χ2v) is 3.75. The standard InChI is InChI=1S/C11H10ClN5O/c1-13-8-5-4-7(12)10(15-8)11(18)16-9-3-2-6-14-17-9/h2-6H,1H3,(H,13,15)(H,16,17,18). The minimum absolute atomic E-state index is 0.133. The van der Waals surface area contributed by atoms with E-state index in [1.807, 2.05) is 0 Å². The maximum atomic E-state index is 11.9. The molecular weight excluding hydrogens is 254 g/mol. The first-order valence-electron chi connectivity index (χ1n) is 5.14. The van der Waals surface area contributed by atoms with Crippen molar-refractivity contribution >= 4 is 29.1 Å². The highest BCUT2D eigenvalue weighted by Gasteiger charge is 2.13. The summed E-state index contributed by atoms with van der Waals surface area (Å²) in [5, 5.41) is 13.1. The molecule has 0 unspecified atom stereocenters. The van der Waals surface area contributed by atoms with E-state index in [0.29, 0.717) is 11.6 Å². The van der Waals surface area contributed by atoms with Gasteiger partial charge in [0.15, 0.2) is 5.82 Å². The first-order valence-corrected chi connectivity index (χ1v) is 5.52. The molecule has 0 aliphatic heterocycles. The zero-order valence-corrected chi connectivity index (χ0v) is 10.3. The van der Waals surface area contributed by atoms with Gasteiger partial charge in [-0.15, -0.1) is 5.10 Å². The molecule has 2 N–H and O–H groups in total. The Hall–Kier alpha value is -2.21. The van der Waals surface area contributed by atoms with Gasteiger partial charge in [-0.3, -0.25) is 4.79 Å². The van der Waals surface area contributed by atoms with Crippen LogP contribution in [0.1, 0.15) is 10.5 Å². The molecule has 7 heteroatoms. The molecule has 1 amide bonds. The highest BCUT2D eigenvalue weighted by Crippen LogP contribution is 2.17. The van der Waals surface area contributed by atoms with Crippen LogP contribution in [0.15, 0.2) is 30.5 Å². The molecular formula is C11H10ClN5O. The highest BCUT2D eigenvalue weighted by molar-refractivity contribution is 6.34. The molecule has 0 aliphatic carbocycles. The normalized spacial score (nSPS) is 9.89. The third-order valence-corrected chi connectivity index (χ3v) is 2.44. The van der Waals surface area contributed by atoms with Gasteiger partial charge in [-0.2, -0.15) is 5.10 Å². The van der Waals surface area contributed by atoms with Crippen LogP contribution < -0.4 is 10.6 Å². The van der Waals surface area contributed by atoms with Crippen molar-refractivity contribution in [3.05, 3.63) is 41.2 Å². The Kier molecular flexibility index (Phi) is 3.69. The number of anilines is 2. The minimum atomic E-state index is -0.433. The Morgan fingerprint density at radius 2 is 2.11 bits per heavy atom. The molecule has 2 aromatic rings. The van der Waals surface area contributed by atoms with Crippen LogP contribution in [0.2, 0.25) is 5.02 Å². The Balaban J connectivity index is 2.23. The van der Waals surface area contributed by atoms with Gasteiger partial charge < -0.3 is 10.6 Å². The van der Waals surface area contributed by atoms with Gasteiger partial charge in [0.25, 0.3) is 5.91 Å².